The van der Waals surface area contributed by atoms with E-state index >= 15 is 0 Å². The van der Waals surface area contributed by atoms with Crippen molar-refractivity contribution in [1.82, 2.24) is 4.90 Å². The number of carboxylic acid groups (broad SMARTS) is 1. The van der Waals surface area contributed by atoms with Crippen LogP contribution >= 0.6 is 0 Å². The highest BCUT2D eigenvalue weighted by molar-refractivity contribution is 5.92. The first-order valence-electron chi connectivity index (χ1n) is 3.49. The van der Waals surface area contributed by atoms with E-state index in [0.717, 1.165) is 6.08 Å². The first kappa shape index (κ1) is 8.52. The van der Waals surface area contributed by atoms with E-state index in [1.165, 1.54) is 11.0 Å². The molecule has 1 aliphatic heterocycles. The van der Waals surface area contributed by atoms with Crippen LogP contribution in [0.2, 0.25) is 0 Å². The number of hydrogen-bond donors (Lipinski definition) is 1. The molecule has 1 amide bonds. The van der Waals surface area contributed by atoms with Crippen LogP contribution in [-0.2, 0) is 9.59 Å². The molecule has 0 saturated heterocycles. The Morgan fingerprint density at radius 1 is 1.67 bits per heavy atom. The average molecular weight is 167 g/mol. The van der Waals surface area contributed by atoms with Crippen LogP contribution in [0, 0.1) is 0 Å². The number of hydrogen-bond acceptors (Lipinski definition) is 2. The van der Waals surface area contributed by atoms with E-state index in [0.29, 0.717) is 6.54 Å². The zero-order chi connectivity index (χ0) is 9.14. The number of carbonyl (C=O) groups is 2. The summed E-state index contributed by atoms with van der Waals surface area (Å²) in [6.07, 6.45) is 4.26. The van der Waals surface area contributed by atoms with Crippen molar-refractivity contribution in [2.24, 2.45) is 0 Å². The zero-order valence-electron chi connectivity index (χ0n) is 6.43. The summed E-state index contributed by atoms with van der Waals surface area (Å²) in [6.45, 7) is 3.64. The average Bonchev–Trinajstić information content (AvgIpc) is 2.50. The molecular formula is C8H9NO3. The maximum atomic E-state index is 11.0. The Kier molecular flexibility index (Phi) is 2.28. The number of carboxylic acids is 1. The standard InChI is InChI=1S/C8H9NO3/c1-2-7(10)9-5-3-4-6(9)8(11)12/h2-4,6H,1,5H2,(H,11,12). The maximum Gasteiger partial charge on any atom is 0.330 e. The second-order valence-corrected chi connectivity index (χ2v) is 2.41. The first-order chi connectivity index (χ1) is 5.66. The molecule has 0 aromatic heterocycles. The molecule has 0 aliphatic carbocycles. The summed E-state index contributed by atoms with van der Waals surface area (Å²) in [7, 11) is 0. The minimum atomic E-state index is -1.01. The molecular weight excluding hydrogens is 158 g/mol. The predicted octanol–water partition coefficient (Wildman–Crippen LogP) is 0.0240. The summed E-state index contributed by atoms with van der Waals surface area (Å²) in [6, 6.07) is -0.824. The molecule has 0 aromatic rings. The smallest absolute Gasteiger partial charge is 0.330 e. The topological polar surface area (TPSA) is 57.6 Å². The Balaban J connectivity index is 2.74. The van der Waals surface area contributed by atoms with Crippen molar-refractivity contribution in [3.05, 3.63) is 24.8 Å². The molecule has 0 bridgehead atoms. The van der Waals surface area contributed by atoms with Crippen LogP contribution in [0.1, 0.15) is 0 Å². The van der Waals surface area contributed by atoms with Gasteiger partial charge >= 0.3 is 5.97 Å². The lowest BCUT2D eigenvalue weighted by Gasteiger charge is -2.18. The van der Waals surface area contributed by atoms with Gasteiger partial charge in [-0.1, -0.05) is 18.7 Å². The van der Waals surface area contributed by atoms with E-state index in [2.05, 4.69) is 6.58 Å². The molecule has 4 heteroatoms. The molecule has 64 valence electrons. The van der Waals surface area contributed by atoms with Gasteiger partial charge < -0.3 is 10.0 Å². The highest BCUT2D eigenvalue weighted by Crippen LogP contribution is 2.09. The molecule has 1 aliphatic rings. The van der Waals surface area contributed by atoms with E-state index in [9.17, 15) is 9.59 Å². The second kappa shape index (κ2) is 3.21. The maximum absolute atomic E-state index is 11.0. The molecule has 1 rings (SSSR count). The molecule has 0 fully saturated rings. The van der Waals surface area contributed by atoms with E-state index in [1.54, 1.807) is 6.08 Å². The van der Waals surface area contributed by atoms with Gasteiger partial charge in [-0.05, 0) is 6.08 Å². The molecule has 0 spiro atoms. The van der Waals surface area contributed by atoms with Crippen LogP contribution in [0.25, 0.3) is 0 Å². The normalized spacial score (nSPS) is 21.0. The third-order valence-electron chi connectivity index (χ3n) is 1.67. The van der Waals surface area contributed by atoms with Gasteiger partial charge in [0.2, 0.25) is 5.91 Å². The highest BCUT2D eigenvalue weighted by Gasteiger charge is 2.28. The lowest BCUT2D eigenvalue weighted by atomic mass is 10.3. The number of nitrogens with zero attached hydrogens (tertiary/aromatic N) is 1. The second-order valence-electron chi connectivity index (χ2n) is 2.41. The van der Waals surface area contributed by atoms with Gasteiger partial charge in [-0.3, -0.25) is 4.79 Å². The van der Waals surface area contributed by atoms with Gasteiger partial charge in [-0.25, -0.2) is 4.79 Å². The number of amides is 1. The molecule has 4 nitrogen and oxygen atoms in total. The van der Waals surface area contributed by atoms with E-state index < -0.39 is 12.0 Å². The van der Waals surface area contributed by atoms with Crippen LogP contribution in [0.3, 0.4) is 0 Å². The minimum absolute atomic E-state index is 0.349. The van der Waals surface area contributed by atoms with Crippen LogP contribution in [0.4, 0.5) is 0 Å². The van der Waals surface area contributed by atoms with Gasteiger partial charge in [0.1, 0.15) is 6.04 Å². The van der Waals surface area contributed by atoms with E-state index in [1.807, 2.05) is 0 Å². The largest absolute Gasteiger partial charge is 0.479 e. The van der Waals surface area contributed by atoms with Crippen LogP contribution < -0.4 is 0 Å². The lowest BCUT2D eigenvalue weighted by Crippen LogP contribution is -2.39. The molecule has 1 N–H and O–H groups in total. The molecule has 1 unspecified atom stereocenters. The highest BCUT2D eigenvalue weighted by atomic mass is 16.4. The lowest BCUT2D eigenvalue weighted by molar-refractivity contribution is -0.145. The predicted molar refractivity (Wildman–Crippen MR) is 42.5 cm³/mol. The van der Waals surface area contributed by atoms with Gasteiger partial charge in [0.05, 0.1) is 0 Å². The fraction of sp³-hybridized carbons (Fsp3) is 0.250. The van der Waals surface area contributed by atoms with Gasteiger partial charge in [-0.15, -0.1) is 0 Å². The van der Waals surface area contributed by atoms with E-state index in [4.69, 9.17) is 5.11 Å². The van der Waals surface area contributed by atoms with Gasteiger partial charge in [0.15, 0.2) is 0 Å². The molecule has 0 aromatic carbocycles. The number of carbonyl (C=O) groups excluding carboxylic acids is 1. The SMILES string of the molecule is C=CC(=O)N1CC=CC1C(=O)O. The van der Waals surface area contributed by atoms with Crippen LogP contribution in [0.5, 0.6) is 0 Å². The number of aliphatic carboxylic acids is 1. The zero-order valence-corrected chi connectivity index (χ0v) is 6.43. The summed E-state index contributed by atoms with van der Waals surface area (Å²) in [5, 5.41) is 8.65. The van der Waals surface area contributed by atoms with Crippen molar-refractivity contribution in [2.45, 2.75) is 6.04 Å². The van der Waals surface area contributed by atoms with Crippen LogP contribution in [-0.4, -0.2) is 34.5 Å². The van der Waals surface area contributed by atoms with Crippen molar-refractivity contribution < 1.29 is 14.7 Å². The third-order valence-corrected chi connectivity index (χ3v) is 1.67. The van der Waals surface area contributed by atoms with Crippen LogP contribution in [0.15, 0.2) is 24.8 Å². The van der Waals surface area contributed by atoms with Gasteiger partial charge in [0.25, 0.3) is 0 Å². The minimum Gasteiger partial charge on any atom is -0.479 e. The molecule has 1 atom stereocenters. The quantitative estimate of drug-likeness (QED) is 0.466. The Labute approximate surface area is 69.8 Å². The molecule has 0 saturated carbocycles. The summed E-state index contributed by atoms with van der Waals surface area (Å²) < 4.78 is 0. The van der Waals surface area contributed by atoms with Crippen molar-refractivity contribution >= 4 is 11.9 Å². The monoisotopic (exact) mass is 167 g/mol. The summed E-state index contributed by atoms with van der Waals surface area (Å²) in [4.78, 5) is 22.8. The first-order valence-corrected chi connectivity index (χ1v) is 3.49. The Morgan fingerprint density at radius 2 is 2.33 bits per heavy atom. The summed E-state index contributed by atoms with van der Waals surface area (Å²) in [5.74, 6) is -1.37. The molecule has 0 radical (unpaired) electrons. The summed E-state index contributed by atoms with van der Waals surface area (Å²) >= 11 is 0. The van der Waals surface area contributed by atoms with Gasteiger partial charge in [0, 0.05) is 6.54 Å². The van der Waals surface area contributed by atoms with E-state index in [-0.39, 0.29) is 5.91 Å². The van der Waals surface area contributed by atoms with Crippen molar-refractivity contribution in [1.29, 1.82) is 0 Å². The molecule has 12 heavy (non-hydrogen) atoms. The fourth-order valence-corrected chi connectivity index (χ4v) is 1.08. The van der Waals surface area contributed by atoms with Crippen molar-refractivity contribution in [3.63, 3.8) is 0 Å². The number of rotatable bonds is 2. The van der Waals surface area contributed by atoms with Crippen molar-refractivity contribution in [3.8, 4) is 0 Å². The molecule has 1 heterocycles. The Hall–Kier alpha value is -1.58. The van der Waals surface area contributed by atoms with Gasteiger partial charge in [-0.2, -0.15) is 0 Å². The third kappa shape index (κ3) is 1.37. The Morgan fingerprint density at radius 3 is 2.83 bits per heavy atom. The Bertz CT molecular complexity index is 257. The summed E-state index contributed by atoms with van der Waals surface area (Å²) in [5.41, 5.74) is 0. The van der Waals surface area contributed by atoms with Crippen molar-refractivity contribution in [2.75, 3.05) is 6.54 Å². The fourth-order valence-electron chi connectivity index (χ4n) is 1.08.